The fourth-order valence-electron chi connectivity index (χ4n) is 3.00. The van der Waals surface area contributed by atoms with E-state index >= 15 is 0 Å². The van der Waals surface area contributed by atoms with Gasteiger partial charge in [0, 0.05) is 12.6 Å². The van der Waals surface area contributed by atoms with Gasteiger partial charge in [-0.1, -0.05) is 18.9 Å². The van der Waals surface area contributed by atoms with E-state index in [9.17, 15) is 4.79 Å². The van der Waals surface area contributed by atoms with E-state index in [0.29, 0.717) is 24.1 Å². The van der Waals surface area contributed by atoms with Gasteiger partial charge in [-0.3, -0.25) is 9.69 Å². The first-order valence-electron chi connectivity index (χ1n) is 8.26. The van der Waals surface area contributed by atoms with Crippen LogP contribution in [-0.2, 0) is 11.3 Å². The second-order valence-electron chi connectivity index (χ2n) is 6.27. The molecule has 23 heavy (non-hydrogen) atoms. The molecule has 0 aromatic heterocycles. The lowest BCUT2D eigenvalue weighted by Crippen LogP contribution is -2.46. The second-order valence-corrected chi connectivity index (χ2v) is 6.27. The highest BCUT2D eigenvalue weighted by molar-refractivity contribution is 5.81. The van der Waals surface area contributed by atoms with Crippen LogP contribution in [-0.4, -0.2) is 44.2 Å². The van der Waals surface area contributed by atoms with E-state index in [1.54, 1.807) is 14.2 Å². The molecule has 0 radical (unpaired) electrons. The summed E-state index contributed by atoms with van der Waals surface area (Å²) in [6, 6.07) is 6.05. The SMILES string of the molecule is COc1ccc(CN(C)[C@H](C)C(=O)NC2CCCC2)cc1OC. The van der Waals surface area contributed by atoms with Crippen LogP contribution in [0.3, 0.4) is 0 Å². The number of methoxy groups -OCH3 is 2. The molecule has 1 aromatic rings. The van der Waals surface area contributed by atoms with Gasteiger partial charge in [-0.05, 0) is 44.5 Å². The molecule has 1 aromatic carbocycles. The first-order chi connectivity index (χ1) is 11.0. The Morgan fingerprint density at radius 1 is 1.26 bits per heavy atom. The van der Waals surface area contributed by atoms with Gasteiger partial charge in [0.15, 0.2) is 11.5 Å². The number of benzene rings is 1. The number of amides is 1. The average Bonchev–Trinajstić information content (AvgIpc) is 3.06. The maximum atomic E-state index is 12.4. The fourth-order valence-corrected chi connectivity index (χ4v) is 3.00. The predicted molar refractivity (Wildman–Crippen MR) is 90.9 cm³/mol. The van der Waals surface area contributed by atoms with Crippen LogP contribution in [0.15, 0.2) is 18.2 Å². The fraction of sp³-hybridized carbons (Fsp3) is 0.611. The normalized spacial score (nSPS) is 16.4. The summed E-state index contributed by atoms with van der Waals surface area (Å²) in [7, 11) is 5.22. The van der Waals surface area contributed by atoms with Crippen molar-refractivity contribution >= 4 is 5.91 Å². The van der Waals surface area contributed by atoms with Crippen LogP contribution in [0.25, 0.3) is 0 Å². The van der Waals surface area contributed by atoms with Gasteiger partial charge < -0.3 is 14.8 Å². The molecule has 0 heterocycles. The lowest BCUT2D eigenvalue weighted by Gasteiger charge is -2.25. The summed E-state index contributed by atoms with van der Waals surface area (Å²) in [4.78, 5) is 14.4. The van der Waals surface area contributed by atoms with Crippen molar-refractivity contribution in [2.45, 2.75) is 51.2 Å². The molecule has 5 nitrogen and oxygen atoms in total. The Morgan fingerprint density at radius 2 is 1.91 bits per heavy atom. The topological polar surface area (TPSA) is 50.8 Å². The van der Waals surface area contributed by atoms with Crippen molar-refractivity contribution < 1.29 is 14.3 Å². The summed E-state index contributed by atoms with van der Waals surface area (Å²) in [5.74, 6) is 1.53. The molecule has 0 aliphatic heterocycles. The van der Waals surface area contributed by atoms with Gasteiger partial charge in [-0.15, -0.1) is 0 Å². The zero-order chi connectivity index (χ0) is 16.8. The van der Waals surface area contributed by atoms with Crippen molar-refractivity contribution in [3.05, 3.63) is 23.8 Å². The molecule has 1 atom stereocenters. The van der Waals surface area contributed by atoms with Crippen LogP contribution in [0.2, 0.25) is 0 Å². The van der Waals surface area contributed by atoms with Gasteiger partial charge in [-0.25, -0.2) is 0 Å². The predicted octanol–water partition coefficient (Wildman–Crippen LogP) is 2.58. The van der Waals surface area contributed by atoms with E-state index in [0.717, 1.165) is 18.4 Å². The number of nitrogens with zero attached hydrogens (tertiary/aromatic N) is 1. The summed E-state index contributed by atoms with van der Waals surface area (Å²) in [5.41, 5.74) is 1.09. The summed E-state index contributed by atoms with van der Waals surface area (Å²) in [6.07, 6.45) is 4.66. The minimum Gasteiger partial charge on any atom is -0.493 e. The molecule has 1 N–H and O–H groups in total. The van der Waals surface area contributed by atoms with Crippen molar-refractivity contribution in [2.75, 3.05) is 21.3 Å². The molecule has 1 fully saturated rings. The van der Waals surface area contributed by atoms with E-state index in [2.05, 4.69) is 5.32 Å². The molecule has 0 bridgehead atoms. The Balaban J connectivity index is 1.94. The van der Waals surface area contributed by atoms with Gasteiger partial charge in [-0.2, -0.15) is 0 Å². The summed E-state index contributed by atoms with van der Waals surface area (Å²) < 4.78 is 10.6. The smallest absolute Gasteiger partial charge is 0.237 e. The molecule has 0 saturated heterocycles. The maximum absolute atomic E-state index is 12.4. The monoisotopic (exact) mass is 320 g/mol. The van der Waals surface area contributed by atoms with E-state index in [4.69, 9.17) is 9.47 Å². The number of likely N-dealkylation sites (N-methyl/N-ethyl adjacent to an activating group) is 1. The van der Waals surface area contributed by atoms with E-state index in [1.807, 2.05) is 37.1 Å². The van der Waals surface area contributed by atoms with Crippen LogP contribution in [0.5, 0.6) is 11.5 Å². The first-order valence-corrected chi connectivity index (χ1v) is 8.26. The van der Waals surface area contributed by atoms with Crippen molar-refractivity contribution in [1.29, 1.82) is 0 Å². The molecule has 5 heteroatoms. The maximum Gasteiger partial charge on any atom is 0.237 e. The van der Waals surface area contributed by atoms with E-state index in [1.165, 1.54) is 12.8 Å². The standard InChI is InChI=1S/C18H28N2O3/c1-13(18(21)19-15-7-5-6-8-15)20(2)12-14-9-10-16(22-3)17(11-14)23-4/h9-11,13,15H,5-8,12H2,1-4H3,(H,19,21)/t13-/m1/s1. The van der Waals surface area contributed by atoms with Crippen molar-refractivity contribution in [2.24, 2.45) is 0 Å². The Bertz CT molecular complexity index is 527. The van der Waals surface area contributed by atoms with Crippen LogP contribution < -0.4 is 14.8 Å². The number of carbonyl (C=O) groups is 1. The van der Waals surface area contributed by atoms with Crippen molar-refractivity contribution in [3.8, 4) is 11.5 Å². The second kappa shape index (κ2) is 8.20. The third kappa shape index (κ3) is 4.61. The molecule has 1 aliphatic rings. The van der Waals surface area contributed by atoms with Crippen molar-refractivity contribution in [1.82, 2.24) is 10.2 Å². The van der Waals surface area contributed by atoms with E-state index in [-0.39, 0.29) is 11.9 Å². The highest BCUT2D eigenvalue weighted by atomic mass is 16.5. The van der Waals surface area contributed by atoms with E-state index < -0.39 is 0 Å². The van der Waals surface area contributed by atoms with Crippen LogP contribution in [0, 0.1) is 0 Å². The average molecular weight is 320 g/mol. The van der Waals surface area contributed by atoms with Gasteiger partial charge in [0.2, 0.25) is 5.91 Å². The first kappa shape index (κ1) is 17.6. The highest BCUT2D eigenvalue weighted by Crippen LogP contribution is 2.28. The largest absolute Gasteiger partial charge is 0.493 e. The highest BCUT2D eigenvalue weighted by Gasteiger charge is 2.23. The molecule has 2 rings (SSSR count). The summed E-state index contributed by atoms with van der Waals surface area (Å²) in [5, 5.41) is 3.16. The summed E-state index contributed by atoms with van der Waals surface area (Å²) in [6.45, 7) is 2.63. The molecule has 0 spiro atoms. The molecule has 1 saturated carbocycles. The third-order valence-corrected chi connectivity index (χ3v) is 4.62. The van der Waals surface area contributed by atoms with Crippen LogP contribution >= 0.6 is 0 Å². The Hall–Kier alpha value is -1.75. The minimum atomic E-state index is -0.163. The zero-order valence-corrected chi connectivity index (χ0v) is 14.6. The summed E-state index contributed by atoms with van der Waals surface area (Å²) >= 11 is 0. The number of carbonyl (C=O) groups excluding carboxylic acids is 1. The van der Waals surface area contributed by atoms with Gasteiger partial charge in [0.1, 0.15) is 0 Å². The quantitative estimate of drug-likeness (QED) is 0.839. The van der Waals surface area contributed by atoms with Gasteiger partial charge in [0.05, 0.1) is 20.3 Å². The minimum absolute atomic E-state index is 0.111. The Labute approximate surface area is 139 Å². The number of nitrogens with one attached hydrogen (secondary N) is 1. The number of hydrogen-bond acceptors (Lipinski definition) is 4. The molecule has 128 valence electrons. The lowest BCUT2D eigenvalue weighted by atomic mass is 10.1. The number of rotatable bonds is 7. The Kier molecular flexibility index (Phi) is 6.28. The third-order valence-electron chi connectivity index (χ3n) is 4.62. The molecule has 1 amide bonds. The van der Waals surface area contributed by atoms with Gasteiger partial charge in [0.25, 0.3) is 0 Å². The molecular formula is C18H28N2O3. The van der Waals surface area contributed by atoms with Crippen LogP contribution in [0.1, 0.15) is 38.2 Å². The Morgan fingerprint density at radius 3 is 2.52 bits per heavy atom. The lowest BCUT2D eigenvalue weighted by molar-refractivity contribution is -0.126. The van der Waals surface area contributed by atoms with Gasteiger partial charge >= 0.3 is 0 Å². The molecule has 1 aliphatic carbocycles. The number of hydrogen-bond donors (Lipinski definition) is 1. The number of ether oxygens (including phenoxy) is 2. The van der Waals surface area contributed by atoms with Crippen molar-refractivity contribution in [3.63, 3.8) is 0 Å². The van der Waals surface area contributed by atoms with Crippen LogP contribution in [0.4, 0.5) is 0 Å². The molecule has 0 unspecified atom stereocenters. The molecular weight excluding hydrogens is 292 g/mol. The zero-order valence-electron chi connectivity index (χ0n) is 14.6.